The SMILES string of the molecule is FC(F)(F)c1cccc([C@@H](c2nnnn2CCc2ccccc2)N(Cc2ccco2)Cc2ccccc2Cl)c1. The van der Waals surface area contributed by atoms with E-state index in [1.54, 1.807) is 29.1 Å². The monoisotopic (exact) mass is 551 g/mol. The van der Waals surface area contributed by atoms with Crippen molar-refractivity contribution in [2.24, 2.45) is 0 Å². The number of nitrogens with zero attached hydrogens (tertiary/aromatic N) is 5. The summed E-state index contributed by atoms with van der Waals surface area (Å²) in [5, 5.41) is 13.0. The van der Waals surface area contributed by atoms with Gasteiger partial charge in [0.25, 0.3) is 0 Å². The van der Waals surface area contributed by atoms with Crippen molar-refractivity contribution in [2.45, 2.75) is 38.3 Å². The third-order valence-corrected chi connectivity index (χ3v) is 6.79. The third-order valence-electron chi connectivity index (χ3n) is 6.42. The Morgan fingerprint density at radius 3 is 2.44 bits per heavy atom. The van der Waals surface area contributed by atoms with E-state index in [0.717, 1.165) is 23.3 Å². The number of rotatable bonds is 10. The van der Waals surface area contributed by atoms with Gasteiger partial charge in [-0.05, 0) is 63.9 Å². The van der Waals surface area contributed by atoms with Crippen LogP contribution < -0.4 is 0 Å². The van der Waals surface area contributed by atoms with E-state index in [-0.39, 0.29) is 6.54 Å². The normalized spacial score (nSPS) is 12.6. The van der Waals surface area contributed by atoms with Crippen molar-refractivity contribution in [3.05, 3.63) is 136 Å². The van der Waals surface area contributed by atoms with E-state index in [9.17, 15) is 13.2 Å². The van der Waals surface area contributed by atoms with Crippen LogP contribution in [0.5, 0.6) is 0 Å². The molecule has 0 saturated carbocycles. The van der Waals surface area contributed by atoms with E-state index in [4.69, 9.17) is 16.0 Å². The topological polar surface area (TPSA) is 60.0 Å². The van der Waals surface area contributed by atoms with Crippen LogP contribution in [-0.2, 0) is 32.2 Å². The maximum Gasteiger partial charge on any atom is 0.416 e. The molecule has 0 aliphatic rings. The standard InChI is InChI=1S/C29H25ClF3N5O/c30-26-14-5-4-10-23(26)19-37(20-25-13-7-17-39-25)27(22-11-6-12-24(18-22)29(31,32)33)28-34-35-36-38(28)16-15-21-8-2-1-3-9-21/h1-14,17-18,27H,15-16,19-20H2/t27-/m0/s1. The largest absolute Gasteiger partial charge is 0.468 e. The van der Waals surface area contributed by atoms with Crippen LogP contribution in [-0.4, -0.2) is 25.1 Å². The Morgan fingerprint density at radius 2 is 1.69 bits per heavy atom. The number of aryl methyl sites for hydroxylation is 2. The lowest BCUT2D eigenvalue weighted by Gasteiger charge is -2.31. The Bertz CT molecular complexity index is 1490. The maximum atomic E-state index is 13.8. The van der Waals surface area contributed by atoms with Gasteiger partial charge in [0.05, 0.1) is 24.4 Å². The fourth-order valence-corrected chi connectivity index (χ4v) is 4.74. The van der Waals surface area contributed by atoms with E-state index in [1.165, 1.54) is 6.07 Å². The molecule has 0 unspecified atom stereocenters. The minimum Gasteiger partial charge on any atom is -0.468 e. The number of aromatic nitrogens is 4. The minimum absolute atomic E-state index is 0.282. The fraction of sp³-hybridized carbons (Fsp3) is 0.207. The van der Waals surface area contributed by atoms with Crippen molar-refractivity contribution >= 4 is 11.6 Å². The van der Waals surface area contributed by atoms with Crippen molar-refractivity contribution in [3.63, 3.8) is 0 Å². The second-order valence-corrected chi connectivity index (χ2v) is 9.50. The molecule has 2 aromatic heterocycles. The molecule has 5 rings (SSSR count). The number of hydrogen-bond acceptors (Lipinski definition) is 5. The quantitative estimate of drug-likeness (QED) is 0.187. The van der Waals surface area contributed by atoms with Gasteiger partial charge in [-0.25, -0.2) is 4.68 Å². The number of tetrazole rings is 1. The first-order chi connectivity index (χ1) is 18.9. The summed E-state index contributed by atoms with van der Waals surface area (Å²) in [5.41, 5.74) is 1.56. The number of hydrogen-bond donors (Lipinski definition) is 0. The molecule has 1 atom stereocenters. The van der Waals surface area contributed by atoms with Crippen molar-refractivity contribution < 1.29 is 17.6 Å². The fourth-order valence-electron chi connectivity index (χ4n) is 4.54. The van der Waals surface area contributed by atoms with E-state index < -0.39 is 17.8 Å². The van der Waals surface area contributed by atoms with E-state index in [1.807, 2.05) is 59.5 Å². The maximum absolute atomic E-state index is 13.8. The summed E-state index contributed by atoms with van der Waals surface area (Å²) in [6.07, 6.45) is -2.29. The van der Waals surface area contributed by atoms with Gasteiger partial charge in [0.1, 0.15) is 5.76 Å². The lowest BCUT2D eigenvalue weighted by molar-refractivity contribution is -0.137. The Morgan fingerprint density at radius 1 is 0.897 bits per heavy atom. The Balaban J connectivity index is 1.59. The molecule has 0 amide bonds. The smallest absolute Gasteiger partial charge is 0.416 e. The molecule has 39 heavy (non-hydrogen) atoms. The van der Waals surface area contributed by atoms with Gasteiger partial charge in [-0.15, -0.1) is 5.10 Å². The van der Waals surface area contributed by atoms with Crippen LogP contribution in [0.4, 0.5) is 13.2 Å². The molecular formula is C29H25ClF3N5O. The van der Waals surface area contributed by atoms with E-state index >= 15 is 0 Å². The van der Waals surface area contributed by atoms with Gasteiger partial charge in [0.15, 0.2) is 5.82 Å². The molecule has 0 N–H and O–H groups in total. The molecule has 10 heteroatoms. The second kappa shape index (κ2) is 11.8. The van der Waals surface area contributed by atoms with Crippen molar-refractivity contribution in [2.75, 3.05) is 0 Å². The van der Waals surface area contributed by atoms with Gasteiger partial charge in [-0.3, -0.25) is 4.90 Å². The second-order valence-electron chi connectivity index (χ2n) is 9.10. The zero-order chi connectivity index (χ0) is 27.2. The molecule has 200 valence electrons. The van der Waals surface area contributed by atoms with Gasteiger partial charge in [0, 0.05) is 18.1 Å². The molecule has 0 spiro atoms. The first kappa shape index (κ1) is 26.6. The highest BCUT2D eigenvalue weighted by Crippen LogP contribution is 2.36. The molecule has 0 saturated heterocycles. The van der Waals surface area contributed by atoms with Crippen molar-refractivity contribution in [1.82, 2.24) is 25.1 Å². The highest BCUT2D eigenvalue weighted by molar-refractivity contribution is 6.31. The molecule has 6 nitrogen and oxygen atoms in total. The van der Waals surface area contributed by atoms with Crippen molar-refractivity contribution in [1.29, 1.82) is 0 Å². The van der Waals surface area contributed by atoms with Gasteiger partial charge in [-0.1, -0.05) is 72.3 Å². The van der Waals surface area contributed by atoms with Crippen LogP contribution in [0.3, 0.4) is 0 Å². The average molecular weight is 552 g/mol. The lowest BCUT2D eigenvalue weighted by atomic mass is 10.00. The number of furan rings is 1. The molecule has 0 fully saturated rings. The van der Waals surface area contributed by atoms with Gasteiger partial charge < -0.3 is 4.42 Å². The molecule has 2 heterocycles. The zero-order valence-electron chi connectivity index (χ0n) is 20.8. The first-order valence-electron chi connectivity index (χ1n) is 12.4. The Labute approximate surface area is 228 Å². The van der Waals surface area contributed by atoms with Crippen LogP contribution in [0.15, 0.2) is 102 Å². The van der Waals surface area contributed by atoms with Gasteiger partial charge in [0.2, 0.25) is 0 Å². The van der Waals surface area contributed by atoms with Crippen molar-refractivity contribution in [3.8, 4) is 0 Å². The minimum atomic E-state index is -4.51. The summed E-state index contributed by atoms with van der Waals surface area (Å²) in [6, 6.07) is 25.4. The molecule has 0 radical (unpaired) electrons. The molecule has 0 aliphatic carbocycles. The highest BCUT2D eigenvalue weighted by atomic mass is 35.5. The predicted octanol–water partition coefficient (Wildman–Crippen LogP) is 6.97. The van der Waals surface area contributed by atoms with E-state index in [2.05, 4.69) is 15.5 Å². The summed E-state index contributed by atoms with van der Waals surface area (Å²) in [7, 11) is 0. The van der Waals surface area contributed by atoms with Crippen LogP contribution >= 0.6 is 11.6 Å². The van der Waals surface area contributed by atoms with Crippen LogP contribution in [0, 0.1) is 0 Å². The van der Waals surface area contributed by atoms with E-state index in [0.29, 0.717) is 41.7 Å². The summed E-state index contributed by atoms with van der Waals surface area (Å²) in [4.78, 5) is 1.97. The molecule has 0 bridgehead atoms. The highest BCUT2D eigenvalue weighted by Gasteiger charge is 2.34. The summed E-state index contributed by atoms with van der Waals surface area (Å²) < 4.78 is 48.6. The zero-order valence-corrected chi connectivity index (χ0v) is 21.6. The van der Waals surface area contributed by atoms with Gasteiger partial charge >= 0.3 is 6.18 Å². The first-order valence-corrected chi connectivity index (χ1v) is 12.7. The lowest BCUT2D eigenvalue weighted by Crippen LogP contribution is -2.32. The molecule has 3 aromatic carbocycles. The van der Waals surface area contributed by atoms with Crippen LogP contribution in [0.2, 0.25) is 5.02 Å². The molecule has 5 aromatic rings. The molecular weight excluding hydrogens is 527 g/mol. The number of alkyl halides is 3. The van der Waals surface area contributed by atoms with Crippen LogP contribution in [0.25, 0.3) is 0 Å². The van der Waals surface area contributed by atoms with Gasteiger partial charge in [-0.2, -0.15) is 13.2 Å². The Hall–Kier alpha value is -3.95. The predicted molar refractivity (Wildman–Crippen MR) is 141 cm³/mol. The number of halogens is 4. The summed E-state index contributed by atoms with van der Waals surface area (Å²) >= 11 is 6.52. The summed E-state index contributed by atoms with van der Waals surface area (Å²) in [5.74, 6) is 1.06. The summed E-state index contributed by atoms with van der Waals surface area (Å²) in [6.45, 7) is 1.04. The Kier molecular flexibility index (Phi) is 8.09. The average Bonchev–Trinajstić information content (AvgIpc) is 3.62. The molecule has 0 aliphatic heterocycles. The van der Waals surface area contributed by atoms with Crippen LogP contribution in [0.1, 0.15) is 39.9 Å². The third kappa shape index (κ3) is 6.55. The number of benzene rings is 3.